The number of hydrogen-bond donors (Lipinski definition) is 0. The average Bonchev–Trinajstić information content (AvgIpc) is 2.68. The van der Waals surface area contributed by atoms with Gasteiger partial charge in [-0.25, -0.2) is 4.79 Å². The van der Waals surface area contributed by atoms with Crippen LogP contribution in [0.4, 0.5) is 0 Å². The molecule has 0 saturated heterocycles. The third kappa shape index (κ3) is 11.3. The lowest BCUT2D eigenvalue weighted by molar-refractivity contribution is -0.241. The lowest BCUT2D eigenvalue weighted by Crippen LogP contribution is -2.07. The number of benzene rings is 1. The molecule has 0 bridgehead atoms. The fourth-order valence-electron chi connectivity index (χ4n) is 2.95. The predicted octanol–water partition coefficient (Wildman–Crippen LogP) is 6.85. The van der Waals surface area contributed by atoms with Gasteiger partial charge in [-0.1, -0.05) is 96.6 Å². The van der Waals surface area contributed by atoms with Crippen LogP contribution in [-0.2, 0) is 16.2 Å². The number of carbonyl (C=O) groups is 1. The van der Waals surface area contributed by atoms with E-state index in [0.29, 0.717) is 12.2 Å². The highest BCUT2D eigenvalue weighted by Gasteiger charge is 2.07. The van der Waals surface area contributed by atoms with Crippen LogP contribution in [0.5, 0.6) is 0 Å². The minimum atomic E-state index is -0.414. The minimum Gasteiger partial charge on any atom is -0.293 e. The maximum absolute atomic E-state index is 11.8. The van der Waals surface area contributed by atoms with Crippen molar-refractivity contribution in [3.8, 4) is 0 Å². The van der Waals surface area contributed by atoms with E-state index in [-0.39, 0.29) is 0 Å². The van der Waals surface area contributed by atoms with Crippen LogP contribution in [0, 0.1) is 6.92 Å². The second-order valence-corrected chi connectivity index (χ2v) is 6.99. The van der Waals surface area contributed by atoms with E-state index >= 15 is 0 Å². The summed E-state index contributed by atoms with van der Waals surface area (Å²) in [6.07, 6.45) is 16.1. The Bertz CT molecular complexity index is 453. The maximum Gasteiger partial charge on any atom is 0.373 e. The van der Waals surface area contributed by atoms with Gasteiger partial charge in [-0.05, 0) is 30.5 Å². The fraction of sp³-hybridized carbons (Fsp3) is 0.652. The molecular formula is C23H37O3. The van der Waals surface area contributed by atoms with Crippen molar-refractivity contribution in [3.05, 3.63) is 42.3 Å². The van der Waals surface area contributed by atoms with Gasteiger partial charge in [0.05, 0.1) is 12.2 Å². The van der Waals surface area contributed by atoms with Gasteiger partial charge < -0.3 is 0 Å². The molecular weight excluding hydrogens is 324 g/mol. The first-order valence-electron chi connectivity index (χ1n) is 10.5. The van der Waals surface area contributed by atoms with Crippen molar-refractivity contribution in [2.45, 2.75) is 90.4 Å². The summed E-state index contributed by atoms with van der Waals surface area (Å²) in [5, 5.41) is 0. The van der Waals surface area contributed by atoms with Crippen LogP contribution < -0.4 is 0 Å². The lowest BCUT2D eigenvalue weighted by Gasteiger charge is -2.05. The van der Waals surface area contributed by atoms with Gasteiger partial charge in [0.25, 0.3) is 0 Å². The Kier molecular flexibility index (Phi) is 13.8. The summed E-state index contributed by atoms with van der Waals surface area (Å²) in [6, 6.07) is 7.45. The molecule has 1 radical (unpaired) electrons. The summed E-state index contributed by atoms with van der Waals surface area (Å²) in [7, 11) is 0. The van der Waals surface area contributed by atoms with E-state index in [1.807, 2.05) is 12.1 Å². The van der Waals surface area contributed by atoms with Gasteiger partial charge in [0.15, 0.2) is 0 Å². The Balaban J connectivity index is 1.87. The van der Waals surface area contributed by atoms with Gasteiger partial charge in [-0.15, -0.1) is 0 Å². The molecule has 1 aromatic rings. The molecule has 0 spiro atoms. The molecule has 3 heteroatoms. The number of unbranched alkanes of at least 4 members (excludes halogenated alkanes) is 11. The second-order valence-electron chi connectivity index (χ2n) is 6.99. The van der Waals surface area contributed by atoms with Crippen molar-refractivity contribution in [1.82, 2.24) is 0 Å². The predicted molar refractivity (Wildman–Crippen MR) is 108 cm³/mol. The lowest BCUT2D eigenvalue weighted by atomic mass is 10.1. The summed E-state index contributed by atoms with van der Waals surface area (Å²) in [6.45, 7) is 6.44. The Morgan fingerprint density at radius 3 is 1.81 bits per heavy atom. The zero-order chi connectivity index (χ0) is 18.9. The molecule has 0 aliphatic carbocycles. The van der Waals surface area contributed by atoms with Crippen LogP contribution in [0.2, 0.25) is 0 Å². The van der Waals surface area contributed by atoms with E-state index in [1.54, 1.807) is 12.1 Å². The van der Waals surface area contributed by atoms with Crippen molar-refractivity contribution in [2.75, 3.05) is 6.61 Å². The Morgan fingerprint density at radius 1 is 0.808 bits per heavy atom. The molecule has 147 valence electrons. The van der Waals surface area contributed by atoms with Crippen LogP contribution >= 0.6 is 0 Å². The molecule has 1 aromatic carbocycles. The minimum absolute atomic E-state index is 0.414. The molecule has 0 fully saturated rings. The van der Waals surface area contributed by atoms with Crippen molar-refractivity contribution in [2.24, 2.45) is 0 Å². The fourth-order valence-corrected chi connectivity index (χ4v) is 2.95. The van der Waals surface area contributed by atoms with Crippen LogP contribution in [0.3, 0.4) is 0 Å². The first-order chi connectivity index (χ1) is 12.8. The van der Waals surface area contributed by atoms with Crippen LogP contribution in [0.25, 0.3) is 0 Å². The Labute approximate surface area is 160 Å². The van der Waals surface area contributed by atoms with E-state index in [2.05, 4.69) is 13.8 Å². The van der Waals surface area contributed by atoms with Gasteiger partial charge >= 0.3 is 5.97 Å². The summed E-state index contributed by atoms with van der Waals surface area (Å²) < 4.78 is 0. The van der Waals surface area contributed by atoms with Crippen LogP contribution in [-0.4, -0.2) is 12.6 Å². The van der Waals surface area contributed by atoms with E-state index < -0.39 is 5.97 Å². The van der Waals surface area contributed by atoms with Gasteiger partial charge in [0.2, 0.25) is 0 Å². The van der Waals surface area contributed by atoms with Gasteiger partial charge in [0, 0.05) is 0 Å². The van der Waals surface area contributed by atoms with Gasteiger partial charge in [-0.2, -0.15) is 4.89 Å². The van der Waals surface area contributed by atoms with Crippen LogP contribution in [0.1, 0.15) is 99.9 Å². The van der Waals surface area contributed by atoms with E-state index in [1.165, 1.54) is 63.4 Å². The topological polar surface area (TPSA) is 35.5 Å². The summed E-state index contributed by atoms with van der Waals surface area (Å²) in [4.78, 5) is 21.7. The number of hydrogen-bond acceptors (Lipinski definition) is 3. The second kappa shape index (κ2) is 15.9. The first-order valence-corrected chi connectivity index (χ1v) is 10.5. The van der Waals surface area contributed by atoms with E-state index in [9.17, 15) is 4.79 Å². The molecule has 0 amide bonds. The van der Waals surface area contributed by atoms with Crippen LogP contribution in [0.15, 0.2) is 24.3 Å². The summed E-state index contributed by atoms with van der Waals surface area (Å²) in [5.41, 5.74) is 1.74. The first kappa shape index (κ1) is 22.7. The normalized spacial score (nSPS) is 10.8. The van der Waals surface area contributed by atoms with Crippen molar-refractivity contribution >= 4 is 5.97 Å². The molecule has 0 aliphatic heterocycles. The van der Waals surface area contributed by atoms with Crippen molar-refractivity contribution < 1.29 is 14.6 Å². The van der Waals surface area contributed by atoms with E-state index in [4.69, 9.17) is 9.78 Å². The zero-order valence-electron chi connectivity index (χ0n) is 16.6. The maximum atomic E-state index is 11.8. The highest BCUT2D eigenvalue weighted by molar-refractivity contribution is 5.88. The molecule has 0 N–H and O–H groups in total. The summed E-state index contributed by atoms with van der Waals surface area (Å²) >= 11 is 0. The van der Waals surface area contributed by atoms with Gasteiger partial charge in [-0.3, -0.25) is 4.89 Å². The highest BCUT2D eigenvalue weighted by atomic mass is 17.2. The third-order valence-corrected chi connectivity index (χ3v) is 4.71. The number of aryl methyl sites for hydroxylation is 1. The molecule has 0 aliphatic rings. The monoisotopic (exact) mass is 361 g/mol. The van der Waals surface area contributed by atoms with E-state index in [0.717, 1.165) is 25.7 Å². The molecule has 26 heavy (non-hydrogen) atoms. The molecule has 0 atom stereocenters. The standard InChI is InChI=1S/C23H37O3/c1-3-5-6-7-8-9-10-11-12-13-14-15-20-25-26-23(24)22-18-16-21(4-2)17-19-22/h16-19H,1,3-15,20H2,2H3. The van der Waals surface area contributed by atoms with Gasteiger partial charge in [0.1, 0.15) is 0 Å². The molecule has 0 saturated carbocycles. The smallest absolute Gasteiger partial charge is 0.293 e. The summed E-state index contributed by atoms with van der Waals surface area (Å²) in [5.74, 6) is -0.414. The van der Waals surface area contributed by atoms with Crippen molar-refractivity contribution in [1.29, 1.82) is 0 Å². The Hall–Kier alpha value is -1.35. The largest absolute Gasteiger partial charge is 0.373 e. The SMILES string of the molecule is [CH2]CCCCCCCCCCCCCOOC(=O)c1ccc(CC)cc1. The average molecular weight is 362 g/mol. The number of rotatable bonds is 16. The Morgan fingerprint density at radius 2 is 1.31 bits per heavy atom. The highest BCUT2D eigenvalue weighted by Crippen LogP contribution is 2.12. The molecule has 0 heterocycles. The molecule has 0 unspecified atom stereocenters. The van der Waals surface area contributed by atoms with Crippen molar-refractivity contribution in [3.63, 3.8) is 0 Å². The molecule has 0 aromatic heterocycles. The quantitative estimate of drug-likeness (QED) is 0.183. The molecule has 3 nitrogen and oxygen atoms in total. The molecule has 1 rings (SSSR count). The third-order valence-electron chi connectivity index (χ3n) is 4.71. The number of carbonyl (C=O) groups excluding carboxylic acids is 1. The zero-order valence-corrected chi connectivity index (χ0v) is 16.6.